The van der Waals surface area contributed by atoms with Crippen LogP contribution in [0.1, 0.15) is 10.4 Å². The average Bonchev–Trinajstić information content (AvgIpc) is 2.87. The molecule has 1 amide bonds. The Morgan fingerprint density at radius 3 is 2.12 bits per heavy atom. The lowest BCUT2D eigenvalue weighted by molar-refractivity contribution is -0.117. The van der Waals surface area contributed by atoms with Gasteiger partial charge in [0.2, 0.25) is 5.91 Å². The van der Waals surface area contributed by atoms with Crippen LogP contribution < -0.4 is 10.9 Å². The van der Waals surface area contributed by atoms with E-state index in [9.17, 15) is 18.8 Å². The van der Waals surface area contributed by atoms with E-state index in [1.807, 2.05) is 12.1 Å². The molecule has 0 spiro atoms. The van der Waals surface area contributed by atoms with E-state index in [1.54, 1.807) is 54.6 Å². The highest BCUT2D eigenvalue weighted by atomic mass is 19.1. The Kier molecular flexibility index (Phi) is 6.59. The number of hydrogen-bond acceptors (Lipinski definition) is 5. The van der Waals surface area contributed by atoms with Gasteiger partial charge in [0, 0.05) is 11.1 Å². The number of nitrogens with zero attached hydrogens (tertiary/aromatic N) is 2. The number of amides is 1. The van der Waals surface area contributed by atoms with E-state index in [0.29, 0.717) is 22.4 Å². The number of benzene rings is 3. The van der Waals surface area contributed by atoms with E-state index in [-0.39, 0.29) is 11.3 Å². The molecule has 0 saturated carbocycles. The Hall–Kier alpha value is -4.59. The molecular weight excluding hydrogens is 437 g/mol. The first kappa shape index (κ1) is 22.6. The van der Waals surface area contributed by atoms with Crippen molar-refractivity contribution < 1.29 is 18.7 Å². The number of aromatic nitrogens is 2. The van der Waals surface area contributed by atoms with Crippen molar-refractivity contribution >= 4 is 17.6 Å². The standard InChI is InChI=1S/C26H20FN3O4/c1-34-26(33)23-22(17-10-4-2-5-11-17)24(18-12-6-3-7-13-18)29-30(25(23)32)16-21(31)28-20-15-9-8-14-19(20)27/h2-15H,16H2,1H3,(H,28,31). The smallest absolute Gasteiger partial charge is 0.344 e. The van der Waals surface area contributed by atoms with Crippen molar-refractivity contribution in [1.82, 2.24) is 9.78 Å². The SMILES string of the molecule is COC(=O)c1c(-c2ccccc2)c(-c2ccccc2)nn(CC(=O)Nc2ccccc2F)c1=O. The van der Waals surface area contributed by atoms with Crippen LogP contribution in [0.5, 0.6) is 0 Å². The number of methoxy groups -OCH3 is 1. The predicted molar refractivity (Wildman–Crippen MR) is 126 cm³/mol. The highest BCUT2D eigenvalue weighted by Crippen LogP contribution is 2.32. The van der Waals surface area contributed by atoms with Gasteiger partial charge in [-0.3, -0.25) is 9.59 Å². The van der Waals surface area contributed by atoms with Gasteiger partial charge in [0.05, 0.1) is 18.5 Å². The maximum atomic E-state index is 13.9. The molecule has 0 saturated heterocycles. The van der Waals surface area contributed by atoms with E-state index in [2.05, 4.69) is 10.4 Å². The monoisotopic (exact) mass is 457 g/mol. The van der Waals surface area contributed by atoms with Crippen molar-refractivity contribution in [2.45, 2.75) is 6.54 Å². The maximum Gasteiger partial charge on any atom is 0.344 e. The van der Waals surface area contributed by atoms with Gasteiger partial charge >= 0.3 is 5.97 Å². The van der Waals surface area contributed by atoms with Crippen molar-refractivity contribution in [3.8, 4) is 22.4 Å². The summed E-state index contributed by atoms with van der Waals surface area (Å²) in [6.45, 7) is -0.536. The Labute approximate surface area is 194 Å². The van der Waals surface area contributed by atoms with Crippen molar-refractivity contribution in [1.29, 1.82) is 0 Å². The molecule has 0 aliphatic carbocycles. The molecule has 0 unspecified atom stereocenters. The third kappa shape index (κ3) is 4.61. The van der Waals surface area contributed by atoms with Gasteiger partial charge in [-0.1, -0.05) is 72.8 Å². The quantitative estimate of drug-likeness (QED) is 0.440. The number of para-hydroxylation sites is 1. The number of carbonyl (C=O) groups is 2. The Balaban J connectivity index is 1.88. The van der Waals surface area contributed by atoms with Crippen LogP contribution in [0.3, 0.4) is 0 Å². The number of rotatable bonds is 6. The number of halogens is 1. The molecule has 3 aromatic carbocycles. The summed E-state index contributed by atoms with van der Waals surface area (Å²) < 4.78 is 19.7. The van der Waals surface area contributed by atoms with Crippen molar-refractivity contribution in [3.05, 3.63) is 107 Å². The first-order valence-electron chi connectivity index (χ1n) is 10.4. The summed E-state index contributed by atoms with van der Waals surface area (Å²) >= 11 is 0. The molecule has 8 heteroatoms. The lowest BCUT2D eigenvalue weighted by atomic mass is 9.95. The second-order valence-electron chi connectivity index (χ2n) is 7.31. The van der Waals surface area contributed by atoms with E-state index >= 15 is 0 Å². The molecule has 0 atom stereocenters. The fraction of sp³-hybridized carbons (Fsp3) is 0.0769. The zero-order chi connectivity index (χ0) is 24.1. The largest absolute Gasteiger partial charge is 0.465 e. The third-order valence-electron chi connectivity index (χ3n) is 5.10. The number of anilines is 1. The normalized spacial score (nSPS) is 10.5. The summed E-state index contributed by atoms with van der Waals surface area (Å²) in [6, 6.07) is 23.5. The van der Waals surface area contributed by atoms with Crippen molar-refractivity contribution in [3.63, 3.8) is 0 Å². The number of nitrogens with one attached hydrogen (secondary N) is 1. The van der Waals surface area contributed by atoms with Crippen molar-refractivity contribution in [2.75, 3.05) is 12.4 Å². The molecule has 1 heterocycles. The number of carbonyl (C=O) groups excluding carboxylic acids is 2. The zero-order valence-corrected chi connectivity index (χ0v) is 18.2. The lowest BCUT2D eigenvalue weighted by Crippen LogP contribution is -2.34. The summed E-state index contributed by atoms with van der Waals surface area (Å²) in [4.78, 5) is 38.8. The Morgan fingerprint density at radius 2 is 1.50 bits per heavy atom. The van der Waals surface area contributed by atoms with E-state index in [1.165, 1.54) is 25.3 Å². The van der Waals surface area contributed by atoms with Crippen LogP contribution in [0.25, 0.3) is 22.4 Å². The van der Waals surface area contributed by atoms with Crippen LogP contribution in [-0.4, -0.2) is 28.8 Å². The van der Waals surface area contributed by atoms with Gasteiger partial charge in [-0.15, -0.1) is 0 Å². The maximum absolute atomic E-state index is 13.9. The molecule has 0 bridgehead atoms. The molecule has 1 aromatic heterocycles. The van der Waals surface area contributed by atoms with Crippen LogP contribution in [0.15, 0.2) is 89.7 Å². The van der Waals surface area contributed by atoms with Gasteiger partial charge in [0.25, 0.3) is 5.56 Å². The minimum Gasteiger partial charge on any atom is -0.465 e. The molecule has 4 aromatic rings. The molecule has 0 radical (unpaired) electrons. The van der Waals surface area contributed by atoms with Crippen LogP contribution in [0, 0.1) is 5.82 Å². The van der Waals surface area contributed by atoms with Gasteiger partial charge in [0.1, 0.15) is 17.9 Å². The molecule has 1 N–H and O–H groups in total. The molecular formula is C26H20FN3O4. The summed E-state index contributed by atoms with van der Waals surface area (Å²) in [7, 11) is 1.17. The van der Waals surface area contributed by atoms with E-state index in [0.717, 1.165) is 4.68 Å². The van der Waals surface area contributed by atoms with Crippen LogP contribution >= 0.6 is 0 Å². The van der Waals surface area contributed by atoms with Crippen LogP contribution in [0.2, 0.25) is 0 Å². The number of ether oxygens (including phenoxy) is 1. The summed E-state index contributed by atoms with van der Waals surface area (Å²) in [6.07, 6.45) is 0. The van der Waals surface area contributed by atoms with Gasteiger partial charge < -0.3 is 10.1 Å². The average molecular weight is 457 g/mol. The second kappa shape index (κ2) is 9.91. The van der Waals surface area contributed by atoms with Crippen molar-refractivity contribution in [2.24, 2.45) is 0 Å². The Bertz CT molecular complexity index is 1400. The van der Waals surface area contributed by atoms with Gasteiger partial charge in [0.15, 0.2) is 0 Å². The first-order chi connectivity index (χ1) is 16.5. The molecule has 0 aliphatic heterocycles. The van der Waals surface area contributed by atoms with Gasteiger partial charge in [-0.05, 0) is 17.7 Å². The summed E-state index contributed by atoms with van der Waals surface area (Å²) in [5.41, 5.74) is 0.775. The molecule has 170 valence electrons. The lowest BCUT2D eigenvalue weighted by Gasteiger charge is -2.16. The molecule has 0 aliphatic rings. The molecule has 7 nitrogen and oxygen atoms in total. The van der Waals surface area contributed by atoms with E-state index < -0.39 is 29.8 Å². The summed E-state index contributed by atoms with van der Waals surface area (Å²) in [5.74, 6) is -2.15. The third-order valence-corrected chi connectivity index (χ3v) is 5.10. The van der Waals surface area contributed by atoms with Crippen LogP contribution in [-0.2, 0) is 16.1 Å². The minimum atomic E-state index is -0.855. The topological polar surface area (TPSA) is 90.3 Å². The number of esters is 1. The predicted octanol–water partition coefficient (Wildman–Crippen LogP) is 4.14. The Morgan fingerprint density at radius 1 is 0.912 bits per heavy atom. The molecule has 34 heavy (non-hydrogen) atoms. The zero-order valence-electron chi connectivity index (χ0n) is 18.2. The fourth-order valence-electron chi connectivity index (χ4n) is 3.54. The van der Waals surface area contributed by atoms with E-state index in [4.69, 9.17) is 4.74 Å². The minimum absolute atomic E-state index is 0.0297. The highest BCUT2D eigenvalue weighted by molar-refractivity contribution is 6.01. The molecule has 4 rings (SSSR count). The van der Waals surface area contributed by atoms with Crippen LogP contribution in [0.4, 0.5) is 10.1 Å². The fourth-order valence-corrected chi connectivity index (χ4v) is 3.54. The van der Waals surface area contributed by atoms with Gasteiger partial charge in [-0.25, -0.2) is 13.9 Å². The first-order valence-corrected chi connectivity index (χ1v) is 10.4. The molecule has 0 fully saturated rings. The van der Waals surface area contributed by atoms with Gasteiger partial charge in [-0.2, -0.15) is 5.10 Å². The number of hydrogen-bond donors (Lipinski definition) is 1. The second-order valence-corrected chi connectivity index (χ2v) is 7.31. The summed E-state index contributed by atoms with van der Waals surface area (Å²) in [5, 5.41) is 6.87. The highest BCUT2D eigenvalue weighted by Gasteiger charge is 2.26.